The average molecular weight is 323 g/mol. The number of non-ortho nitro benzene ring substituents is 1. The Labute approximate surface area is 139 Å². The standard InChI is InChI=1S/C18H17N3O3/c1-20-16(11-13-3-7-15(8-4-13)21(22)23)12-18(19-20)14-5-9-17(24-2)10-6-14/h3-10,12H,11H2,1-2H3. The largest absolute Gasteiger partial charge is 0.497 e. The van der Waals surface area contributed by atoms with E-state index in [0.717, 1.165) is 28.3 Å². The highest BCUT2D eigenvalue weighted by atomic mass is 16.6. The summed E-state index contributed by atoms with van der Waals surface area (Å²) in [4.78, 5) is 10.3. The van der Waals surface area contributed by atoms with Crippen LogP contribution < -0.4 is 4.74 Å². The number of hydrogen-bond donors (Lipinski definition) is 0. The summed E-state index contributed by atoms with van der Waals surface area (Å²) in [7, 11) is 3.53. The molecule has 2 aromatic carbocycles. The number of benzene rings is 2. The highest BCUT2D eigenvalue weighted by Crippen LogP contribution is 2.23. The molecule has 0 bridgehead atoms. The number of nitrogens with zero attached hydrogens (tertiary/aromatic N) is 3. The first-order chi connectivity index (χ1) is 11.6. The Bertz CT molecular complexity index is 852. The normalized spacial score (nSPS) is 10.6. The molecule has 0 saturated heterocycles. The minimum absolute atomic E-state index is 0.0997. The summed E-state index contributed by atoms with van der Waals surface area (Å²) in [6.07, 6.45) is 0.664. The van der Waals surface area contributed by atoms with Crippen LogP contribution in [0.3, 0.4) is 0 Å². The maximum Gasteiger partial charge on any atom is 0.269 e. The van der Waals surface area contributed by atoms with Gasteiger partial charge in [0.25, 0.3) is 5.69 Å². The first-order valence-electron chi connectivity index (χ1n) is 7.47. The van der Waals surface area contributed by atoms with Gasteiger partial charge in [0.15, 0.2) is 0 Å². The van der Waals surface area contributed by atoms with Crippen LogP contribution in [0.25, 0.3) is 11.3 Å². The molecule has 0 N–H and O–H groups in total. The van der Waals surface area contributed by atoms with Crippen molar-refractivity contribution < 1.29 is 9.66 Å². The lowest BCUT2D eigenvalue weighted by atomic mass is 10.1. The van der Waals surface area contributed by atoms with Crippen LogP contribution in [0.5, 0.6) is 5.75 Å². The van der Waals surface area contributed by atoms with Gasteiger partial charge in [-0.1, -0.05) is 12.1 Å². The molecule has 0 radical (unpaired) electrons. The molecule has 0 unspecified atom stereocenters. The van der Waals surface area contributed by atoms with Crippen molar-refractivity contribution in [2.24, 2.45) is 7.05 Å². The Balaban J connectivity index is 1.81. The number of aryl methyl sites for hydroxylation is 1. The van der Waals surface area contributed by atoms with Gasteiger partial charge in [0.1, 0.15) is 5.75 Å². The lowest BCUT2D eigenvalue weighted by Gasteiger charge is -2.01. The fourth-order valence-corrected chi connectivity index (χ4v) is 2.52. The van der Waals surface area contributed by atoms with Crippen molar-refractivity contribution in [1.29, 1.82) is 0 Å². The lowest BCUT2D eigenvalue weighted by molar-refractivity contribution is -0.384. The summed E-state index contributed by atoms with van der Waals surface area (Å²) in [5, 5.41) is 15.3. The molecule has 0 aliphatic rings. The number of nitro benzene ring substituents is 1. The third kappa shape index (κ3) is 3.27. The fourth-order valence-electron chi connectivity index (χ4n) is 2.52. The van der Waals surface area contributed by atoms with E-state index >= 15 is 0 Å². The van der Waals surface area contributed by atoms with Crippen LogP contribution in [0.4, 0.5) is 5.69 Å². The van der Waals surface area contributed by atoms with Crippen molar-refractivity contribution in [2.45, 2.75) is 6.42 Å². The number of hydrogen-bond acceptors (Lipinski definition) is 4. The van der Waals surface area contributed by atoms with E-state index < -0.39 is 4.92 Å². The summed E-state index contributed by atoms with van der Waals surface area (Å²) in [6.45, 7) is 0. The van der Waals surface area contributed by atoms with Crippen LogP contribution in [0.15, 0.2) is 54.6 Å². The molecule has 6 nitrogen and oxygen atoms in total. The van der Waals surface area contributed by atoms with Gasteiger partial charge in [-0.2, -0.15) is 5.10 Å². The molecule has 1 aromatic heterocycles. The zero-order valence-electron chi connectivity index (χ0n) is 13.5. The molecule has 0 saturated carbocycles. The smallest absolute Gasteiger partial charge is 0.269 e. The van der Waals surface area contributed by atoms with Gasteiger partial charge in [-0.05, 0) is 35.9 Å². The summed E-state index contributed by atoms with van der Waals surface area (Å²) in [5.41, 5.74) is 4.04. The first-order valence-corrected chi connectivity index (χ1v) is 7.47. The van der Waals surface area contributed by atoms with Crippen LogP contribution in [0, 0.1) is 10.1 Å². The van der Waals surface area contributed by atoms with Gasteiger partial charge in [0.05, 0.1) is 17.7 Å². The maximum atomic E-state index is 10.7. The Morgan fingerprint density at radius 3 is 2.38 bits per heavy atom. The fraction of sp³-hybridized carbons (Fsp3) is 0.167. The molecule has 0 aliphatic heterocycles. The van der Waals surface area contributed by atoms with E-state index in [4.69, 9.17) is 4.74 Å². The number of rotatable bonds is 5. The first kappa shape index (κ1) is 15.7. The van der Waals surface area contributed by atoms with Crippen molar-refractivity contribution in [1.82, 2.24) is 9.78 Å². The Kier molecular flexibility index (Phi) is 4.29. The van der Waals surface area contributed by atoms with Gasteiger partial charge in [0.2, 0.25) is 0 Å². The third-order valence-corrected chi connectivity index (χ3v) is 3.89. The molecule has 0 spiro atoms. The SMILES string of the molecule is COc1ccc(-c2cc(Cc3ccc([N+](=O)[O-])cc3)n(C)n2)cc1. The molecule has 6 heteroatoms. The summed E-state index contributed by atoms with van der Waals surface area (Å²) in [5.74, 6) is 0.806. The van der Waals surface area contributed by atoms with Crippen LogP contribution in [0.1, 0.15) is 11.3 Å². The van der Waals surface area contributed by atoms with Crippen molar-refractivity contribution in [2.75, 3.05) is 7.11 Å². The summed E-state index contributed by atoms with van der Waals surface area (Å²) >= 11 is 0. The van der Waals surface area contributed by atoms with E-state index in [1.807, 2.05) is 42.1 Å². The number of ether oxygens (including phenoxy) is 1. The van der Waals surface area contributed by atoms with Crippen LogP contribution in [-0.2, 0) is 13.5 Å². The van der Waals surface area contributed by atoms with Gasteiger partial charge in [-0.15, -0.1) is 0 Å². The molecular formula is C18H17N3O3. The van der Waals surface area contributed by atoms with Crippen LogP contribution in [-0.4, -0.2) is 21.8 Å². The van der Waals surface area contributed by atoms with Crippen LogP contribution >= 0.6 is 0 Å². The van der Waals surface area contributed by atoms with Crippen molar-refractivity contribution in [3.05, 3.63) is 76.0 Å². The van der Waals surface area contributed by atoms with Gasteiger partial charge in [-0.25, -0.2) is 0 Å². The van der Waals surface area contributed by atoms with E-state index in [1.54, 1.807) is 19.2 Å². The molecule has 0 aliphatic carbocycles. The lowest BCUT2D eigenvalue weighted by Crippen LogP contribution is -1.99. The van der Waals surface area contributed by atoms with Gasteiger partial charge in [0, 0.05) is 36.9 Å². The van der Waals surface area contributed by atoms with Gasteiger partial charge < -0.3 is 4.74 Å². The molecule has 3 rings (SSSR count). The van der Waals surface area contributed by atoms with Gasteiger partial charge >= 0.3 is 0 Å². The van der Waals surface area contributed by atoms with E-state index in [-0.39, 0.29) is 5.69 Å². The Morgan fingerprint density at radius 2 is 1.79 bits per heavy atom. The number of aromatic nitrogens is 2. The molecule has 24 heavy (non-hydrogen) atoms. The third-order valence-electron chi connectivity index (χ3n) is 3.89. The van der Waals surface area contributed by atoms with Crippen molar-refractivity contribution in [3.63, 3.8) is 0 Å². The van der Waals surface area contributed by atoms with Gasteiger partial charge in [-0.3, -0.25) is 14.8 Å². The summed E-state index contributed by atoms with van der Waals surface area (Å²) in [6, 6.07) is 16.4. The average Bonchev–Trinajstić information content (AvgIpc) is 2.96. The van der Waals surface area contributed by atoms with Crippen molar-refractivity contribution in [3.8, 4) is 17.0 Å². The Hall–Kier alpha value is -3.15. The molecule has 122 valence electrons. The second kappa shape index (κ2) is 6.54. The molecule has 0 atom stereocenters. The molecule has 3 aromatic rings. The number of methoxy groups -OCH3 is 1. The zero-order chi connectivity index (χ0) is 17.1. The molecule has 0 amide bonds. The molecule has 1 heterocycles. The van der Waals surface area contributed by atoms with Crippen molar-refractivity contribution >= 4 is 5.69 Å². The topological polar surface area (TPSA) is 70.2 Å². The highest BCUT2D eigenvalue weighted by molar-refractivity contribution is 5.60. The van der Waals surface area contributed by atoms with E-state index in [9.17, 15) is 10.1 Å². The second-order valence-corrected chi connectivity index (χ2v) is 5.47. The molecule has 0 fully saturated rings. The monoisotopic (exact) mass is 323 g/mol. The zero-order valence-corrected chi connectivity index (χ0v) is 13.5. The number of nitro groups is 1. The second-order valence-electron chi connectivity index (χ2n) is 5.47. The van der Waals surface area contributed by atoms with E-state index in [1.165, 1.54) is 12.1 Å². The van der Waals surface area contributed by atoms with E-state index in [2.05, 4.69) is 5.10 Å². The minimum atomic E-state index is -0.393. The summed E-state index contributed by atoms with van der Waals surface area (Å²) < 4.78 is 7.00. The predicted molar refractivity (Wildman–Crippen MR) is 91.1 cm³/mol. The predicted octanol–water partition coefficient (Wildman–Crippen LogP) is 3.59. The Morgan fingerprint density at radius 1 is 1.12 bits per heavy atom. The highest BCUT2D eigenvalue weighted by Gasteiger charge is 2.10. The quantitative estimate of drug-likeness (QED) is 0.531. The minimum Gasteiger partial charge on any atom is -0.497 e. The molecular weight excluding hydrogens is 306 g/mol. The van der Waals surface area contributed by atoms with E-state index in [0.29, 0.717) is 6.42 Å². The maximum absolute atomic E-state index is 10.7. The van der Waals surface area contributed by atoms with Crippen LogP contribution in [0.2, 0.25) is 0 Å².